The van der Waals surface area contributed by atoms with Crippen molar-refractivity contribution in [2.75, 3.05) is 42.3 Å². The Morgan fingerprint density at radius 2 is 2.16 bits per heavy atom. The van der Waals surface area contributed by atoms with Gasteiger partial charge in [0.05, 0.1) is 11.3 Å². The van der Waals surface area contributed by atoms with E-state index < -0.39 is 0 Å². The highest BCUT2D eigenvalue weighted by atomic mass is 15.2. The number of nitriles is 1. The van der Waals surface area contributed by atoms with E-state index in [0.717, 1.165) is 43.0 Å². The number of hydrogen-bond donors (Lipinski definition) is 1. The second-order valence-corrected chi connectivity index (χ2v) is 6.69. The topological polar surface area (TPSA) is 68.1 Å². The smallest absolute Gasteiger partial charge is 0.224 e. The lowest BCUT2D eigenvalue weighted by Crippen LogP contribution is -2.42. The van der Waals surface area contributed by atoms with Gasteiger partial charge in [-0.2, -0.15) is 10.2 Å². The molecule has 0 radical (unpaired) electrons. The Balaban J connectivity index is 1.75. The number of rotatable bonds is 4. The summed E-state index contributed by atoms with van der Waals surface area (Å²) in [6.45, 7) is 3.87. The summed E-state index contributed by atoms with van der Waals surface area (Å²) in [6, 6.07) is 10.5. The number of nitrogens with zero attached hydrogens (tertiary/aromatic N) is 5. The first-order valence-electron chi connectivity index (χ1n) is 8.59. The van der Waals surface area contributed by atoms with Crippen LogP contribution in [0.1, 0.15) is 24.0 Å². The van der Waals surface area contributed by atoms with E-state index in [-0.39, 0.29) is 6.04 Å². The van der Waals surface area contributed by atoms with Crippen LogP contribution in [0.3, 0.4) is 0 Å². The minimum Gasteiger partial charge on any atom is -0.368 e. The highest BCUT2D eigenvalue weighted by molar-refractivity contribution is 5.61. The van der Waals surface area contributed by atoms with Crippen molar-refractivity contribution in [2.24, 2.45) is 0 Å². The molecule has 6 heteroatoms. The molecule has 1 unspecified atom stereocenters. The van der Waals surface area contributed by atoms with Crippen LogP contribution in [0.15, 0.2) is 30.5 Å². The minimum atomic E-state index is 0.262. The SMILES string of the molecule is Cc1ccc(C#N)c(N2CCCC(Nc3nccc(N(C)C)n3)C2)c1. The number of hydrogen-bond acceptors (Lipinski definition) is 6. The molecule has 0 amide bonds. The van der Waals surface area contributed by atoms with Gasteiger partial charge < -0.3 is 15.1 Å². The number of benzene rings is 1. The third-order valence-corrected chi connectivity index (χ3v) is 4.47. The Kier molecular flexibility index (Phi) is 5.03. The van der Waals surface area contributed by atoms with Crippen LogP contribution in [0.2, 0.25) is 0 Å². The van der Waals surface area contributed by atoms with Crippen molar-refractivity contribution in [2.45, 2.75) is 25.8 Å². The molecular weight excluding hydrogens is 312 g/mol. The minimum absolute atomic E-state index is 0.262. The normalized spacial score (nSPS) is 17.0. The van der Waals surface area contributed by atoms with Crippen LogP contribution in [0.4, 0.5) is 17.5 Å². The lowest BCUT2D eigenvalue weighted by Gasteiger charge is -2.35. The maximum absolute atomic E-state index is 9.41. The van der Waals surface area contributed by atoms with Gasteiger partial charge >= 0.3 is 0 Å². The Labute approximate surface area is 149 Å². The predicted octanol–water partition coefficient (Wildman–Crippen LogP) is 2.80. The van der Waals surface area contributed by atoms with Crippen LogP contribution >= 0.6 is 0 Å². The second kappa shape index (κ2) is 7.39. The summed E-state index contributed by atoms with van der Waals surface area (Å²) in [7, 11) is 3.94. The van der Waals surface area contributed by atoms with Crippen molar-refractivity contribution in [3.63, 3.8) is 0 Å². The highest BCUT2D eigenvalue weighted by Gasteiger charge is 2.22. The molecule has 3 rings (SSSR count). The van der Waals surface area contributed by atoms with Crippen LogP contribution < -0.4 is 15.1 Å². The van der Waals surface area contributed by atoms with Crippen LogP contribution in [0.5, 0.6) is 0 Å². The van der Waals surface area contributed by atoms with E-state index in [9.17, 15) is 5.26 Å². The monoisotopic (exact) mass is 336 g/mol. The van der Waals surface area contributed by atoms with Gasteiger partial charge in [-0.25, -0.2) is 4.98 Å². The molecule has 1 aliphatic rings. The zero-order chi connectivity index (χ0) is 17.8. The van der Waals surface area contributed by atoms with E-state index in [0.29, 0.717) is 5.95 Å². The molecule has 1 fully saturated rings. The lowest BCUT2D eigenvalue weighted by molar-refractivity contribution is 0.527. The van der Waals surface area contributed by atoms with Crippen LogP contribution in [0.25, 0.3) is 0 Å². The van der Waals surface area contributed by atoms with Gasteiger partial charge in [0.1, 0.15) is 11.9 Å². The number of anilines is 3. The fraction of sp³-hybridized carbons (Fsp3) is 0.421. The maximum atomic E-state index is 9.41. The number of piperidine rings is 1. The van der Waals surface area contributed by atoms with E-state index in [1.165, 1.54) is 5.56 Å². The molecule has 2 heterocycles. The van der Waals surface area contributed by atoms with Gasteiger partial charge in [-0.15, -0.1) is 0 Å². The van der Waals surface area contributed by atoms with Crippen LogP contribution in [-0.2, 0) is 0 Å². The fourth-order valence-corrected chi connectivity index (χ4v) is 3.16. The Morgan fingerprint density at radius 3 is 2.92 bits per heavy atom. The van der Waals surface area contributed by atoms with Crippen molar-refractivity contribution < 1.29 is 0 Å². The van der Waals surface area contributed by atoms with E-state index in [4.69, 9.17) is 0 Å². The summed E-state index contributed by atoms with van der Waals surface area (Å²) in [5.74, 6) is 1.54. The molecule has 0 spiro atoms. The third-order valence-electron chi connectivity index (χ3n) is 4.47. The van der Waals surface area contributed by atoms with Gasteiger partial charge in [0.15, 0.2) is 0 Å². The van der Waals surface area contributed by atoms with Crippen molar-refractivity contribution in [3.05, 3.63) is 41.6 Å². The van der Waals surface area contributed by atoms with Gasteiger partial charge in [0.2, 0.25) is 5.95 Å². The largest absolute Gasteiger partial charge is 0.368 e. The predicted molar refractivity (Wildman–Crippen MR) is 101 cm³/mol. The van der Waals surface area contributed by atoms with Crippen molar-refractivity contribution in [1.82, 2.24) is 9.97 Å². The standard InChI is InChI=1S/C19H24N6/c1-14-6-7-15(12-20)17(11-14)25-10-4-5-16(13-25)22-19-21-9-8-18(23-19)24(2)3/h6-9,11,16H,4-5,10,13H2,1-3H3,(H,21,22,23). The lowest BCUT2D eigenvalue weighted by atomic mass is 10.0. The van der Waals surface area contributed by atoms with Gasteiger partial charge in [-0.3, -0.25) is 0 Å². The molecule has 1 aromatic carbocycles. The molecule has 1 saturated heterocycles. The molecule has 2 aromatic rings. The molecule has 1 atom stereocenters. The summed E-state index contributed by atoms with van der Waals surface area (Å²) in [5.41, 5.74) is 2.93. The molecule has 0 saturated carbocycles. The second-order valence-electron chi connectivity index (χ2n) is 6.69. The summed E-state index contributed by atoms with van der Waals surface area (Å²) >= 11 is 0. The molecule has 1 aliphatic heterocycles. The zero-order valence-corrected chi connectivity index (χ0v) is 15.0. The summed E-state index contributed by atoms with van der Waals surface area (Å²) < 4.78 is 0. The molecule has 25 heavy (non-hydrogen) atoms. The van der Waals surface area contributed by atoms with E-state index in [1.54, 1.807) is 6.20 Å². The molecule has 1 aromatic heterocycles. The quantitative estimate of drug-likeness (QED) is 0.926. The van der Waals surface area contributed by atoms with Crippen LogP contribution in [0, 0.1) is 18.3 Å². The van der Waals surface area contributed by atoms with E-state index in [1.807, 2.05) is 37.2 Å². The number of nitrogens with one attached hydrogen (secondary N) is 1. The van der Waals surface area contributed by atoms with Gasteiger partial charge in [-0.1, -0.05) is 6.07 Å². The average molecular weight is 336 g/mol. The first kappa shape index (κ1) is 17.0. The average Bonchev–Trinajstić information content (AvgIpc) is 2.62. The first-order valence-corrected chi connectivity index (χ1v) is 8.59. The van der Waals surface area contributed by atoms with E-state index >= 15 is 0 Å². The summed E-state index contributed by atoms with van der Waals surface area (Å²) in [6.07, 6.45) is 3.92. The van der Waals surface area contributed by atoms with Crippen molar-refractivity contribution in [1.29, 1.82) is 5.26 Å². The van der Waals surface area contributed by atoms with Gasteiger partial charge in [0, 0.05) is 39.4 Å². The third kappa shape index (κ3) is 4.00. The molecule has 0 bridgehead atoms. The summed E-state index contributed by atoms with van der Waals surface area (Å²) in [4.78, 5) is 13.1. The highest BCUT2D eigenvalue weighted by Crippen LogP contribution is 2.26. The maximum Gasteiger partial charge on any atom is 0.224 e. The first-order chi connectivity index (χ1) is 12.1. The number of aryl methyl sites for hydroxylation is 1. The van der Waals surface area contributed by atoms with E-state index in [2.05, 4.69) is 39.2 Å². The molecule has 1 N–H and O–H groups in total. The Bertz CT molecular complexity index is 780. The molecule has 6 nitrogen and oxygen atoms in total. The zero-order valence-electron chi connectivity index (χ0n) is 15.0. The van der Waals surface area contributed by atoms with Gasteiger partial charge in [-0.05, 0) is 43.5 Å². The van der Waals surface area contributed by atoms with Crippen molar-refractivity contribution in [3.8, 4) is 6.07 Å². The molecule has 130 valence electrons. The molecule has 0 aliphatic carbocycles. The summed E-state index contributed by atoms with van der Waals surface area (Å²) in [5, 5.41) is 12.9. The Morgan fingerprint density at radius 1 is 1.32 bits per heavy atom. The molecular formula is C19H24N6. The fourth-order valence-electron chi connectivity index (χ4n) is 3.16. The van der Waals surface area contributed by atoms with Crippen molar-refractivity contribution >= 4 is 17.5 Å². The number of aromatic nitrogens is 2. The van der Waals surface area contributed by atoms with Gasteiger partial charge in [0.25, 0.3) is 0 Å². The van der Waals surface area contributed by atoms with Crippen LogP contribution in [-0.4, -0.2) is 43.2 Å². The Hall–Kier alpha value is -2.81.